The number of amides is 1. The zero-order valence-electron chi connectivity index (χ0n) is 10.0. The molecule has 0 aliphatic heterocycles. The lowest BCUT2D eigenvalue weighted by Gasteiger charge is -2.09. The summed E-state index contributed by atoms with van der Waals surface area (Å²) in [5.74, 6) is 0.533. The molecule has 0 aromatic heterocycles. The van der Waals surface area contributed by atoms with Crippen LogP contribution in [0.5, 0.6) is 5.75 Å². The van der Waals surface area contributed by atoms with E-state index < -0.39 is 0 Å². The number of nitrogens with one attached hydrogen (secondary N) is 2. The Labute approximate surface area is 106 Å². The number of likely N-dealkylation sites (N-methyl/N-ethyl adjacent to an activating group) is 1. The number of hydrogen-bond acceptors (Lipinski definition) is 3. The Bertz CT molecular complexity index is 383. The van der Waals surface area contributed by atoms with Crippen molar-refractivity contribution in [3.63, 3.8) is 0 Å². The molecule has 0 saturated carbocycles. The van der Waals surface area contributed by atoms with E-state index in [9.17, 15) is 4.79 Å². The first kappa shape index (κ1) is 13.8. The Morgan fingerprint density at radius 1 is 1.47 bits per heavy atom. The van der Waals surface area contributed by atoms with Gasteiger partial charge in [-0.25, -0.2) is 0 Å². The van der Waals surface area contributed by atoms with E-state index in [1.165, 1.54) is 0 Å². The highest BCUT2D eigenvalue weighted by Crippen LogP contribution is 2.27. The second kappa shape index (κ2) is 7.14. The fraction of sp³-hybridized carbons (Fsp3) is 0.417. The highest BCUT2D eigenvalue weighted by molar-refractivity contribution is 6.32. The fourth-order valence-electron chi connectivity index (χ4n) is 1.27. The Kier molecular flexibility index (Phi) is 5.80. The van der Waals surface area contributed by atoms with Crippen LogP contribution in [-0.4, -0.2) is 26.1 Å². The smallest absolute Gasteiger partial charge is 0.238 e. The Morgan fingerprint density at radius 3 is 2.82 bits per heavy atom. The summed E-state index contributed by atoms with van der Waals surface area (Å²) in [6, 6.07) is 5.21. The first-order valence-electron chi connectivity index (χ1n) is 5.54. The van der Waals surface area contributed by atoms with Crippen molar-refractivity contribution in [3.8, 4) is 5.75 Å². The first-order chi connectivity index (χ1) is 8.17. The number of ether oxygens (including phenoxy) is 1. The third-order valence-electron chi connectivity index (χ3n) is 2.01. The van der Waals surface area contributed by atoms with Crippen LogP contribution in [-0.2, 0) is 4.79 Å². The first-order valence-corrected chi connectivity index (χ1v) is 5.92. The molecule has 94 valence electrons. The van der Waals surface area contributed by atoms with Gasteiger partial charge in [-0.1, -0.05) is 18.5 Å². The van der Waals surface area contributed by atoms with Gasteiger partial charge in [0.1, 0.15) is 5.75 Å². The van der Waals surface area contributed by atoms with Crippen molar-refractivity contribution in [1.29, 1.82) is 0 Å². The molecule has 0 spiro atoms. The third-order valence-corrected chi connectivity index (χ3v) is 2.31. The second-order valence-corrected chi connectivity index (χ2v) is 3.98. The molecule has 0 radical (unpaired) electrons. The summed E-state index contributed by atoms with van der Waals surface area (Å²) in [6.45, 7) is 2.93. The summed E-state index contributed by atoms with van der Waals surface area (Å²) in [6.07, 6.45) is 0.928. The molecule has 2 N–H and O–H groups in total. The highest BCUT2D eigenvalue weighted by atomic mass is 35.5. The largest absolute Gasteiger partial charge is 0.492 e. The lowest BCUT2D eigenvalue weighted by molar-refractivity contribution is -0.115. The average molecular weight is 257 g/mol. The van der Waals surface area contributed by atoms with Crippen molar-refractivity contribution >= 4 is 23.2 Å². The minimum Gasteiger partial charge on any atom is -0.492 e. The van der Waals surface area contributed by atoms with E-state index in [1.54, 1.807) is 25.2 Å². The molecule has 0 heterocycles. The maximum absolute atomic E-state index is 11.3. The van der Waals surface area contributed by atoms with Gasteiger partial charge in [0.15, 0.2) is 0 Å². The van der Waals surface area contributed by atoms with Crippen molar-refractivity contribution < 1.29 is 9.53 Å². The Balaban J connectivity index is 2.64. The summed E-state index contributed by atoms with van der Waals surface area (Å²) >= 11 is 6.03. The van der Waals surface area contributed by atoms with Gasteiger partial charge < -0.3 is 15.4 Å². The van der Waals surface area contributed by atoms with Gasteiger partial charge in [-0.3, -0.25) is 4.79 Å². The quantitative estimate of drug-likeness (QED) is 0.821. The molecular formula is C12H17ClN2O2. The number of carbonyl (C=O) groups is 1. The summed E-state index contributed by atoms with van der Waals surface area (Å²) in [7, 11) is 1.72. The van der Waals surface area contributed by atoms with Crippen LogP contribution in [0.25, 0.3) is 0 Å². The van der Waals surface area contributed by atoms with Crippen molar-refractivity contribution in [3.05, 3.63) is 23.2 Å². The minimum absolute atomic E-state index is 0.106. The molecule has 0 unspecified atom stereocenters. The molecule has 1 aromatic rings. The normalized spacial score (nSPS) is 10.1. The Hall–Kier alpha value is -1.26. The van der Waals surface area contributed by atoms with Gasteiger partial charge in [0, 0.05) is 5.69 Å². The SMILES string of the molecule is CCCOc1ccc(NC(=O)CNC)cc1Cl. The minimum atomic E-state index is -0.106. The lowest BCUT2D eigenvalue weighted by atomic mass is 10.3. The molecule has 0 atom stereocenters. The van der Waals surface area contributed by atoms with Gasteiger partial charge in [-0.05, 0) is 31.7 Å². The summed E-state index contributed by atoms with van der Waals surface area (Å²) in [4.78, 5) is 11.3. The van der Waals surface area contributed by atoms with Gasteiger partial charge in [-0.15, -0.1) is 0 Å². The van der Waals surface area contributed by atoms with Crippen LogP contribution in [0.15, 0.2) is 18.2 Å². The number of rotatable bonds is 6. The second-order valence-electron chi connectivity index (χ2n) is 3.57. The molecule has 1 rings (SSSR count). The van der Waals surface area contributed by atoms with Crippen LogP contribution in [0.3, 0.4) is 0 Å². The number of halogens is 1. The standard InChI is InChI=1S/C12H17ClN2O2/c1-3-6-17-11-5-4-9(7-10(11)13)15-12(16)8-14-2/h4-5,7,14H,3,6,8H2,1-2H3,(H,15,16). The molecule has 0 aliphatic rings. The van der Waals surface area contributed by atoms with Gasteiger partial charge >= 0.3 is 0 Å². The average Bonchev–Trinajstić information content (AvgIpc) is 2.28. The van der Waals surface area contributed by atoms with Crippen molar-refractivity contribution in [2.75, 3.05) is 25.5 Å². The van der Waals surface area contributed by atoms with Crippen LogP contribution >= 0.6 is 11.6 Å². The lowest BCUT2D eigenvalue weighted by Crippen LogP contribution is -2.24. The molecule has 1 amide bonds. The van der Waals surface area contributed by atoms with E-state index >= 15 is 0 Å². The van der Waals surface area contributed by atoms with E-state index in [0.29, 0.717) is 23.1 Å². The molecule has 4 nitrogen and oxygen atoms in total. The molecule has 0 saturated heterocycles. The molecular weight excluding hydrogens is 240 g/mol. The van der Waals surface area contributed by atoms with E-state index in [4.69, 9.17) is 16.3 Å². The van der Waals surface area contributed by atoms with Gasteiger partial charge in [0.25, 0.3) is 0 Å². The van der Waals surface area contributed by atoms with E-state index in [0.717, 1.165) is 6.42 Å². The number of anilines is 1. The predicted octanol–water partition coefficient (Wildman–Crippen LogP) is 2.29. The molecule has 0 fully saturated rings. The molecule has 17 heavy (non-hydrogen) atoms. The summed E-state index contributed by atoms with van der Waals surface area (Å²) in [5, 5.41) is 6.00. The van der Waals surface area contributed by atoms with Crippen LogP contribution < -0.4 is 15.4 Å². The number of carbonyl (C=O) groups excluding carboxylic acids is 1. The van der Waals surface area contributed by atoms with Crippen LogP contribution in [0.2, 0.25) is 5.02 Å². The van der Waals surface area contributed by atoms with E-state index in [2.05, 4.69) is 10.6 Å². The van der Waals surface area contributed by atoms with Crippen molar-refractivity contribution in [1.82, 2.24) is 5.32 Å². The zero-order valence-corrected chi connectivity index (χ0v) is 10.8. The summed E-state index contributed by atoms with van der Waals surface area (Å²) in [5.41, 5.74) is 0.666. The summed E-state index contributed by atoms with van der Waals surface area (Å²) < 4.78 is 5.44. The fourth-order valence-corrected chi connectivity index (χ4v) is 1.51. The predicted molar refractivity (Wildman–Crippen MR) is 69.8 cm³/mol. The topological polar surface area (TPSA) is 50.4 Å². The number of benzene rings is 1. The van der Waals surface area contributed by atoms with Crippen LogP contribution in [0.1, 0.15) is 13.3 Å². The van der Waals surface area contributed by atoms with Gasteiger partial charge in [0.2, 0.25) is 5.91 Å². The van der Waals surface area contributed by atoms with Gasteiger partial charge in [0.05, 0.1) is 18.2 Å². The Morgan fingerprint density at radius 2 is 2.24 bits per heavy atom. The monoisotopic (exact) mass is 256 g/mol. The van der Waals surface area contributed by atoms with E-state index in [1.807, 2.05) is 6.92 Å². The molecule has 5 heteroatoms. The van der Waals surface area contributed by atoms with E-state index in [-0.39, 0.29) is 12.5 Å². The maximum Gasteiger partial charge on any atom is 0.238 e. The highest BCUT2D eigenvalue weighted by Gasteiger charge is 2.05. The van der Waals surface area contributed by atoms with Crippen LogP contribution in [0.4, 0.5) is 5.69 Å². The van der Waals surface area contributed by atoms with Gasteiger partial charge in [-0.2, -0.15) is 0 Å². The molecule has 0 bridgehead atoms. The third kappa shape index (κ3) is 4.63. The molecule has 1 aromatic carbocycles. The zero-order chi connectivity index (χ0) is 12.7. The van der Waals surface area contributed by atoms with Crippen molar-refractivity contribution in [2.24, 2.45) is 0 Å². The number of hydrogen-bond donors (Lipinski definition) is 2. The van der Waals surface area contributed by atoms with Crippen molar-refractivity contribution in [2.45, 2.75) is 13.3 Å². The van der Waals surface area contributed by atoms with Crippen LogP contribution in [0, 0.1) is 0 Å². The molecule has 0 aliphatic carbocycles. The maximum atomic E-state index is 11.3.